The SMILES string of the molecule is Cc1cc(C(=O)N[C@H](C)c2n[nH]c(=O)[nH]2)ccc1O. The van der Waals surface area contributed by atoms with Crippen LogP contribution in [0.25, 0.3) is 0 Å². The van der Waals surface area contributed by atoms with Crippen LogP contribution in [0.5, 0.6) is 5.75 Å². The summed E-state index contributed by atoms with van der Waals surface area (Å²) in [5.74, 6) is 0.189. The van der Waals surface area contributed by atoms with Crippen molar-refractivity contribution in [1.82, 2.24) is 20.5 Å². The average Bonchev–Trinajstić information content (AvgIpc) is 2.79. The summed E-state index contributed by atoms with van der Waals surface area (Å²) < 4.78 is 0. The highest BCUT2D eigenvalue weighted by molar-refractivity contribution is 5.94. The first-order chi connectivity index (χ1) is 8.97. The summed E-state index contributed by atoms with van der Waals surface area (Å²) in [6.07, 6.45) is 0. The molecule has 1 aromatic heterocycles. The van der Waals surface area contributed by atoms with Crippen molar-refractivity contribution in [3.63, 3.8) is 0 Å². The minimum Gasteiger partial charge on any atom is -0.508 e. The third-order valence-electron chi connectivity index (χ3n) is 2.74. The van der Waals surface area contributed by atoms with Gasteiger partial charge in [0.1, 0.15) is 5.75 Å². The minimum absolute atomic E-state index is 0.140. The lowest BCUT2D eigenvalue weighted by Gasteiger charge is -2.11. The molecule has 0 spiro atoms. The predicted molar refractivity (Wildman–Crippen MR) is 67.9 cm³/mol. The van der Waals surface area contributed by atoms with E-state index in [4.69, 9.17) is 0 Å². The number of phenolic OH excluding ortho intramolecular Hbond substituents is 1. The number of carbonyl (C=O) groups excluding carboxylic acids is 1. The van der Waals surface area contributed by atoms with Crippen LogP contribution in [-0.2, 0) is 0 Å². The average molecular weight is 262 g/mol. The van der Waals surface area contributed by atoms with E-state index in [1.54, 1.807) is 19.9 Å². The van der Waals surface area contributed by atoms with Gasteiger partial charge in [-0.25, -0.2) is 9.89 Å². The van der Waals surface area contributed by atoms with Gasteiger partial charge in [-0.15, -0.1) is 0 Å². The molecule has 0 unspecified atom stereocenters. The molecule has 7 nitrogen and oxygen atoms in total. The first kappa shape index (κ1) is 12.9. The molecule has 0 aliphatic carbocycles. The van der Waals surface area contributed by atoms with Crippen LogP contribution in [0.1, 0.15) is 34.7 Å². The highest BCUT2D eigenvalue weighted by Gasteiger charge is 2.14. The van der Waals surface area contributed by atoms with E-state index < -0.39 is 11.7 Å². The van der Waals surface area contributed by atoms with Gasteiger partial charge in [0, 0.05) is 5.56 Å². The number of hydrogen-bond acceptors (Lipinski definition) is 4. The Bertz CT molecular complexity index is 659. The lowest BCUT2D eigenvalue weighted by molar-refractivity contribution is 0.0938. The largest absolute Gasteiger partial charge is 0.508 e. The van der Waals surface area contributed by atoms with Gasteiger partial charge in [0.25, 0.3) is 5.91 Å². The van der Waals surface area contributed by atoms with Gasteiger partial charge < -0.3 is 10.4 Å². The van der Waals surface area contributed by atoms with Gasteiger partial charge in [-0.2, -0.15) is 5.10 Å². The van der Waals surface area contributed by atoms with Crippen LogP contribution in [0.15, 0.2) is 23.0 Å². The first-order valence-electron chi connectivity index (χ1n) is 5.72. The molecule has 0 saturated heterocycles. The number of amides is 1. The fraction of sp³-hybridized carbons (Fsp3) is 0.250. The molecule has 1 heterocycles. The molecule has 0 fully saturated rings. The van der Waals surface area contributed by atoms with E-state index in [9.17, 15) is 14.7 Å². The maximum Gasteiger partial charge on any atom is 0.340 e. The summed E-state index contributed by atoms with van der Waals surface area (Å²) in [5, 5.41) is 18.1. The van der Waals surface area contributed by atoms with E-state index in [0.717, 1.165) is 0 Å². The molecule has 1 atom stereocenters. The lowest BCUT2D eigenvalue weighted by atomic mass is 10.1. The highest BCUT2D eigenvalue weighted by atomic mass is 16.3. The lowest BCUT2D eigenvalue weighted by Crippen LogP contribution is -2.27. The van der Waals surface area contributed by atoms with Crippen molar-refractivity contribution < 1.29 is 9.90 Å². The second kappa shape index (κ2) is 4.97. The Morgan fingerprint density at radius 1 is 1.47 bits per heavy atom. The minimum atomic E-state index is -0.430. The number of aromatic amines is 2. The van der Waals surface area contributed by atoms with Crippen LogP contribution in [0.4, 0.5) is 0 Å². The van der Waals surface area contributed by atoms with Crippen molar-refractivity contribution in [2.45, 2.75) is 19.9 Å². The van der Waals surface area contributed by atoms with E-state index >= 15 is 0 Å². The molecular weight excluding hydrogens is 248 g/mol. The first-order valence-corrected chi connectivity index (χ1v) is 5.72. The summed E-state index contributed by atoms with van der Waals surface area (Å²) >= 11 is 0. The van der Waals surface area contributed by atoms with E-state index in [1.807, 2.05) is 0 Å². The number of aromatic hydroxyl groups is 1. The second-order valence-electron chi connectivity index (χ2n) is 4.26. The maximum absolute atomic E-state index is 12.0. The predicted octanol–water partition coefficient (Wildman–Crippen LogP) is 0.603. The number of H-pyrrole nitrogens is 2. The van der Waals surface area contributed by atoms with Crippen molar-refractivity contribution in [3.8, 4) is 5.75 Å². The monoisotopic (exact) mass is 262 g/mol. The van der Waals surface area contributed by atoms with Crippen LogP contribution in [-0.4, -0.2) is 26.2 Å². The molecule has 2 rings (SSSR count). The molecule has 100 valence electrons. The number of nitrogens with zero attached hydrogens (tertiary/aromatic N) is 1. The Hall–Kier alpha value is -2.57. The number of aromatic nitrogens is 3. The summed E-state index contributed by atoms with van der Waals surface area (Å²) in [6.45, 7) is 3.41. The molecule has 0 bridgehead atoms. The molecule has 1 amide bonds. The van der Waals surface area contributed by atoms with E-state index in [2.05, 4.69) is 20.5 Å². The van der Waals surface area contributed by atoms with Crippen molar-refractivity contribution >= 4 is 5.91 Å². The van der Waals surface area contributed by atoms with Crippen molar-refractivity contribution in [2.75, 3.05) is 0 Å². The molecule has 7 heteroatoms. The van der Waals surface area contributed by atoms with E-state index in [1.165, 1.54) is 12.1 Å². The fourth-order valence-electron chi connectivity index (χ4n) is 1.63. The topological polar surface area (TPSA) is 111 Å². The molecule has 0 radical (unpaired) electrons. The van der Waals surface area contributed by atoms with Crippen LogP contribution in [0, 0.1) is 6.92 Å². The summed E-state index contributed by atoms with van der Waals surface area (Å²) in [5.41, 5.74) is 0.630. The van der Waals surface area contributed by atoms with Gasteiger partial charge in [0.2, 0.25) is 0 Å². The molecule has 19 heavy (non-hydrogen) atoms. The maximum atomic E-state index is 12.0. The Morgan fingerprint density at radius 3 is 2.79 bits per heavy atom. The summed E-state index contributed by atoms with van der Waals surface area (Å²) in [6, 6.07) is 4.15. The number of benzene rings is 1. The Morgan fingerprint density at radius 2 is 2.21 bits per heavy atom. The van der Waals surface area contributed by atoms with Crippen LogP contribution >= 0.6 is 0 Å². The molecule has 0 aliphatic heterocycles. The van der Waals surface area contributed by atoms with Crippen molar-refractivity contribution in [3.05, 3.63) is 45.6 Å². The molecular formula is C12H14N4O3. The Labute approximate surface area is 108 Å². The zero-order valence-corrected chi connectivity index (χ0v) is 10.5. The van der Waals surface area contributed by atoms with Crippen LogP contribution in [0.2, 0.25) is 0 Å². The number of aryl methyl sites for hydroxylation is 1. The van der Waals surface area contributed by atoms with Crippen LogP contribution in [0.3, 0.4) is 0 Å². The standard InChI is InChI=1S/C12H14N4O3/c1-6-5-8(3-4-9(6)17)11(18)13-7(2)10-14-12(19)16-15-10/h3-5,7,17H,1-2H3,(H,13,18)(H2,14,15,16,19)/t7-/m1/s1. The third-order valence-corrected chi connectivity index (χ3v) is 2.74. The van der Waals surface area contributed by atoms with Gasteiger partial charge in [-0.1, -0.05) is 0 Å². The molecule has 4 N–H and O–H groups in total. The quantitative estimate of drug-likeness (QED) is 0.649. The molecule has 0 saturated carbocycles. The highest BCUT2D eigenvalue weighted by Crippen LogP contribution is 2.17. The summed E-state index contributed by atoms with van der Waals surface area (Å²) in [7, 11) is 0. The smallest absolute Gasteiger partial charge is 0.340 e. The van der Waals surface area contributed by atoms with Crippen molar-refractivity contribution in [2.24, 2.45) is 0 Å². The molecule has 2 aromatic rings. The van der Waals surface area contributed by atoms with Gasteiger partial charge in [0.15, 0.2) is 5.82 Å². The van der Waals surface area contributed by atoms with Gasteiger partial charge >= 0.3 is 5.69 Å². The van der Waals surface area contributed by atoms with Gasteiger partial charge in [-0.3, -0.25) is 9.78 Å². The normalized spacial score (nSPS) is 12.1. The zero-order valence-electron chi connectivity index (χ0n) is 10.5. The second-order valence-corrected chi connectivity index (χ2v) is 4.26. The van der Waals surface area contributed by atoms with E-state index in [0.29, 0.717) is 17.0 Å². The Kier molecular flexibility index (Phi) is 3.37. The number of phenols is 1. The number of nitrogens with one attached hydrogen (secondary N) is 3. The number of carbonyl (C=O) groups is 1. The summed E-state index contributed by atoms with van der Waals surface area (Å²) in [4.78, 5) is 25.4. The van der Waals surface area contributed by atoms with Crippen molar-refractivity contribution in [1.29, 1.82) is 0 Å². The number of hydrogen-bond donors (Lipinski definition) is 4. The third kappa shape index (κ3) is 2.82. The Balaban J connectivity index is 2.12. The van der Waals surface area contributed by atoms with E-state index in [-0.39, 0.29) is 11.7 Å². The molecule has 0 aliphatic rings. The van der Waals surface area contributed by atoms with Gasteiger partial charge in [0.05, 0.1) is 6.04 Å². The van der Waals surface area contributed by atoms with Gasteiger partial charge in [-0.05, 0) is 37.6 Å². The van der Waals surface area contributed by atoms with Crippen LogP contribution < -0.4 is 11.0 Å². The molecule has 1 aromatic carbocycles. The zero-order chi connectivity index (χ0) is 14.0. The number of rotatable bonds is 3. The fourth-order valence-corrected chi connectivity index (χ4v) is 1.63.